The molecule has 0 bridgehead atoms. The third kappa shape index (κ3) is 5.01. The second-order valence-electron chi connectivity index (χ2n) is 6.35. The summed E-state index contributed by atoms with van der Waals surface area (Å²) in [5, 5.41) is 12.6. The predicted molar refractivity (Wildman–Crippen MR) is 91.8 cm³/mol. The summed E-state index contributed by atoms with van der Waals surface area (Å²) >= 11 is 0. The molecule has 0 amide bonds. The molecule has 1 saturated heterocycles. The van der Waals surface area contributed by atoms with Crippen molar-refractivity contribution < 1.29 is 13.5 Å². The molecule has 1 aliphatic rings. The highest BCUT2D eigenvalue weighted by Gasteiger charge is 2.25. The number of benzene rings is 1. The van der Waals surface area contributed by atoms with E-state index in [-0.39, 0.29) is 12.1 Å². The van der Waals surface area contributed by atoms with Gasteiger partial charge in [-0.1, -0.05) is 18.6 Å². The molecule has 1 heterocycles. The van der Waals surface area contributed by atoms with Crippen molar-refractivity contribution in [3.8, 4) is 0 Å². The molecule has 2 N–H and O–H groups in total. The summed E-state index contributed by atoms with van der Waals surface area (Å²) in [5.41, 5.74) is 1.05. The van der Waals surface area contributed by atoms with Gasteiger partial charge in [0.05, 0.1) is 11.0 Å². The molecule has 1 aromatic carbocycles. The lowest BCUT2D eigenvalue weighted by atomic mass is 10.1. The number of rotatable bonds is 7. The van der Waals surface area contributed by atoms with Gasteiger partial charge in [0.2, 0.25) is 10.0 Å². The SMILES string of the molecule is CC(O)CCNC(C)c1ccc(S(=O)(=O)N2CCCCC2)cc1. The number of piperidine rings is 1. The normalized spacial score (nSPS) is 19.4. The number of hydrogen-bond acceptors (Lipinski definition) is 4. The third-order valence-electron chi connectivity index (χ3n) is 4.35. The highest BCUT2D eigenvalue weighted by atomic mass is 32.2. The van der Waals surface area contributed by atoms with E-state index in [4.69, 9.17) is 0 Å². The van der Waals surface area contributed by atoms with Gasteiger partial charge in [0.15, 0.2) is 0 Å². The van der Waals surface area contributed by atoms with Crippen LogP contribution in [-0.4, -0.2) is 43.6 Å². The van der Waals surface area contributed by atoms with Gasteiger partial charge in [-0.2, -0.15) is 4.31 Å². The lowest BCUT2D eigenvalue weighted by Crippen LogP contribution is -2.35. The van der Waals surface area contributed by atoms with Gasteiger partial charge >= 0.3 is 0 Å². The maximum Gasteiger partial charge on any atom is 0.243 e. The van der Waals surface area contributed by atoms with Crippen LogP contribution in [0.1, 0.15) is 51.1 Å². The number of aliphatic hydroxyl groups is 1. The summed E-state index contributed by atoms with van der Waals surface area (Å²) < 4.78 is 26.8. The van der Waals surface area contributed by atoms with Crippen LogP contribution in [0.2, 0.25) is 0 Å². The first kappa shape index (κ1) is 18.4. The molecule has 5 nitrogen and oxygen atoms in total. The van der Waals surface area contributed by atoms with Crippen molar-refractivity contribution in [3.63, 3.8) is 0 Å². The Morgan fingerprint density at radius 3 is 2.30 bits per heavy atom. The van der Waals surface area contributed by atoms with Gasteiger partial charge in [-0.15, -0.1) is 0 Å². The first-order valence-corrected chi connectivity index (χ1v) is 9.87. The van der Waals surface area contributed by atoms with Crippen LogP contribution in [0.25, 0.3) is 0 Å². The molecule has 2 unspecified atom stereocenters. The lowest BCUT2D eigenvalue weighted by molar-refractivity contribution is 0.182. The summed E-state index contributed by atoms with van der Waals surface area (Å²) in [6.07, 6.45) is 3.39. The molecule has 1 aromatic rings. The van der Waals surface area contributed by atoms with E-state index in [0.29, 0.717) is 24.4 Å². The van der Waals surface area contributed by atoms with Gasteiger partial charge in [-0.25, -0.2) is 8.42 Å². The average Bonchev–Trinajstić information content (AvgIpc) is 2.55. The fourth-order valence-corrected chi connectivity index (χ4v) is 4.33. The van der Waals surface area contributed by atoms with Crippen LogP contribution in [-0.2, 0) is 10.0 Å². The molecule has 23 heavy (non-hydrogen) atoms. The second kappa shape index (κ2) is 8.24. The van der Waals surface area contributed by atoms with Crippen LogP contribution in [0.4, 0.5) is 0 Å². The summed E-state index contributed by atoms with van der Waals surface area (Å²) in [4.78, 5) is 0.374. The highest BCUT2D eigenvalue weighted by Crippen LogP contribution is 2.22. The van der Waals surface area contributed by atoms with E-state index in [1.165, 1.54) is 0 Å². The van der Waals surface area contributed by atoms with E-state index in [2.05, 4.69) is 5.32 Å². The largest absolute Gasteiger partial charge is 0.393 e. The molecule has 0 saturated carbocycles. The van der Waals surface area contributed by atoms with Gasteiger partial charge in [0.25, 0.3) is 0 Å². The molecule has 0 aromatic heterocycles. The summed E-state index contributed by atoms with van der Waals surface area (Å²) in [6.45, 7) is 5.79. The van der Waals surface area contributed by atoms with Crippen LogP contribution in [0.15, 0.2) is 29.2 Å². The van der Waals surface area contributed by atoms with Crippen molar-refractivity contribution in [2.24, 2.45) is 0 Å². The highest BCUT2D eigenvalue weighted by molar-refractivity contribution is 7.89. The van der Waals surface area contributed by atoms with Crippen LogP contribution >= 0.6 is 0 Å². The van der Waals surface area contributed by atoms with E-state index in [1.54, 1.807) is 23.4 Å². The van der Waals surface area contributed by atoms with Gasteiger partial charge in [-0.3, -0.25) is 0 Å². The van der Waals surface area contributed by atoms with Gasteiger partial charge in [0, 0.05) is 19.1 Å². The summed E-state index contributed by atoms with van der Waals surface area (Å²) in [5.74, 6) is 0. The Labute approximate surface area is 139 Å². The average molecular weight is 340 g/mol. The maximum atomic E-state index is 12.6. The zero-order valence-electron chi connectivity index (χ0n) is 14.0. The minimum absolute atomic E-state index is 0.125. The Hall–Kier alpha value is -0.950. The van der Waals surface area contributed by atoms with Gasteiger partial charge < -0.3 is 10.4 Å². The minimum atomic E-state index is -3.35. The van der Waals surface area contributed by atoms with Crippen LogP contribution in [0.3, 0.4) is 0 Å². The molecule has 0 aliphatic carbocycles. The minimum Gasteiger partial charge on any atom is -0.393 e. The Morgan fingerprint density at radius 1 is 1.13 bits per heavy atom. The smallest absolute Gasteiger partial charge is 0.243 e. The molecular weight excluding hydrogens is 312 g/mol. The van der Waals surface area contributed by atoms with Gasteiger partial charge in [0.1, 0.15) is 0 Å². The van der Waals surface area contributed by atoms with Crippen molar-refractivity contribution >= 4 is 10.0 Å². The van der Waals surface area contributed by atoms with Crippen molar-refractivity contribution in [2.45, 2.75) is 56.6 Å². The molecule has 1 fully saturated rings. The Kier molecular flexibility index (Phi) is 6.59. The van der Waals surface area contributed by atoms with Crippen molar-refractivity contribution in [2.75, 3.05) is 19.6 Å². The molecule has 2 atom stereocenters. The van der Waals surface area contributed by atoms with Crippen LogP contribution in [0, 0.1) is 0 Å². The number of sulfonamides is 1. The quantitative estimate of drug-likeness (QED) is 0.799. The zero-order valence-corrected chi connectivity index (χ0v) is 14.8. The number of aliphatic hydroxyl groups excluding tert-OH is 1. The van der Waals surface area contributed by atoms with Crippen molar-refractivity contribution in [1.29, 1.82) is 0 Å². The first-order chi connectivity index (χ1) is 10.9. The molecule has 0 radical (unpaired) electrons. The maximum absolute atomic E-state index is 12.6. The van der Waals surface area contributed by atoms with Crippen molar-refractivity contribution in [1.82, 2.24) is 9.62 Å². The molecule has 6 heteroatoms. The summed E-state index contributed by atoms with van der Waals surface area (Å²) in [7, 11) is -3.35. The fraction of sp³-hybridized carbons (Fsp3) is 0.647. The summed E-state index contributed by atoms with van der Waals surface area (Å²) in [6, 6.07) is 7.27. The van der Waals surface area contributed by atoms with Gasteiger partial charge in [-0.05, 0) is 57.4 Å². The molecule has 0 spiro atoms. The third-order valence-corrected chi connectivity index (χ3v) is 6.26. The number of nitrogens with zero attached hydrogens (tertiary/aromatic N) is 1. The molecular formula is C17H28N2O3S. The Bertz CT molecular complexity index is 578. The fourth-order valence-electron chi connectivity index (χ4n) is 2.81. The molecule has 130 valence electrons. The van der Waals surface area contributed by atoms with Crippen molar-refractivity contribution in [3.05, 3.63) is 29.8 Å². The standard InChI is InChI=1S/C17H28N2O3S/c1-14(20)10-11-18-15(2)16-6-8-17(9-7-16)23(21,22)19-12-4-3-5-13-19/h6-9,14-15,18,20H,3-5,10-13H2,1-2H3. The first-order valence-electron chi connectivity index (χ1n) is 8.43. The Balaban J connectivity index is 2.00. The van der Waals surface area contributed by atoms with E-state index in [9.17, 15) is 13.5 Å². The lowest BCUT2D eigenvalue weighted by Gasteiger charge is -2.26. The topological polar surface area (TPSA) is 69.6 Å². The van der Waals surface area contributed by atoms with E-state index in [1.807, 2.05) is 19.1 Å². The second-order valence-corrected chi connectivity index (χ2v) is 8.29. The van der Waals surface area contributed by atoms with Crippen LogP contribution < -0.4 is 5.32 Å². The molecule has 1 aliphatic heterocycles. The zero-order chi connectivity index (χ0) is 16.9. The molecule has 2 rings (SSSR count). The predicted octanol–water partition coefficient (Wildman–Crippen LogP) is 2.28. The van der Waals surface area contributed by atoms with Crippen LogP contribution in [0.5, 0.6) is 0 Å². The number of hydrogen-bond donors (Lipinski definition) is 2. The monoisotopic (exact) mass is 340 g/mol. The van der Waals surface area contributed by atoms with E-state index < -0.39 is 10.0 Å². The number of nitrogens with one attached hydrogen (secondary N) is 1. The van der Waals surface area contributed by atoms with E-state index >= 15 is 0 Å². The Morgan fingerprint density at radius 2 is 1.74 bits per heavy atom. The van der Waals surface area contributed by atoms with E-state index in [0.717, 1.165) is 31.4 Å².